The van der Waals surface area contributed by atoms with Crippen LogP contribution in [0.3, 0.4) is 0 Å². The molecule has 0 spiro atoms. The number of hydrogen-bond acceptors (Lipinski definition) is 4. The van der Waals surface area contributed by atoms with Crippen molar-refractivity contribution < 1.29 is 9.47 Å². The summed E-state index contributed by atoms with van der Waals surface area (Å²) in [4.78, 5) is 0. The highest BCUT2D eigenvalue weighted by Crippen LogP contribution is 2.32. The van der Waals surface area contributed by atoms with Gasteiger partial charge in [0.15, 0.2) is 11.5 Å². The molecule has 0 fully saturated rings. The van der Waals surface area contributed by atoms with Crippen molar-refractivity contribution >= 4 is 23.8 Å². The van der Waals surface area contributed by atoms with E-state index in [1.807, 2.05) is 42.5 Å². The van der Waals surface area contributed by atoms with E-state index in [1.54, 1.807) is 0 Å². The van der Waals surface area contributed by atoms with E-state index in [4.69, 9.17) is 15.2 Å². The molecule has 1 heterocycles. The fourth-order valence-corrected chi connectivity index (χ4v) is 1.90. The zero-order chi connectivity index (χ0) is 12.4. The van der Waals surface area contributed by atoms with Crippen LogP contribution in [0.25, 0.3) is 0 Å². The Bertz CT molecular complexity index is 575. The number of nitrogen functional groups attached to an aromatic ring is 1. The molecule has 0 unspecified atom stereocenters. The second kappa shape index (κ2) is 5.71. The summed E-state index contributed by atoms with van der Waals surface area (Å²) in [6.45, 7) is 1.03. The molecule has 2 aromatic carbocycles. The van der Waals surface area contributed by atoms with Crippen LogP contribution >= 0.6 is 12.4 Å². The Morgan fingerprint density at radius 2 is 1.89 bits per heavy atom. The molecule has 3 rings (SSSR count). The van der Waals surface area contributed by atoms with E-state index in [1.165, 1.54) is 0 Å². The first-order valence-electron chi connectivity index (χ1n) is 5.79. The van der Waals surface area contributed by atoms with Crippen molar-refractivity contribution in [2.45, 2.75) is 6.54 Å². The Hall–Kier alpha value is -2.07. The molecule has 19 heavy (non-hydrogen) atoms. The van der Waals surface area contributed by atoms with Crippen LogP contribution in [0.4, 0.5) is 11.4 Å². The van der Waals surface area contributed by atoms with Gasteiger partial charge >= 0.3 is 0 Å². The number of halogens is 1. The first-order chi connectivity index (χ1) is 8.81. The van der Waals surface area contributed by atoms with E-state index in [0.717, 1.165) is 35.0 Å². The standard InChI is InChI=1S/C14H14N2O2.ClH/c15-11-2-1-3-12(7-11)16-8-10-4-5-13-14(6-10)18-9-17-13;/h1-7,16H,8-9,15H2;1H. The average Bonchev–Trinajstić information content (AvgIpc) is 2.84. The van der Waals surface area contributed by atoms with Gasteiger partial charge in [0.1, 0.15) is 0 Å². The van der Waals surface area contributed by atoms with Gasteiger partial charge in [-0.2, -0.15) is 0 Å². The third kappa shape index (κ3) is 3.03. The van der Waals surface area contributed by atoms with Crippen LogP contribution in [0.1, 0.15) is 5.56 Å². The van der Waals surface area contributed by atoms with Gasteiger partial charge in [0.05, 0.1) is 0 Å². The summed E-state index contributed by atoms with van der Waals surface area (Å²) in [6, 6.07) is 13.6. The molecule has 0 radical (unpaired) electrons. The van der Waals surface area contributed by atoms with Crippen molar-refractivity contribution in [2.24, 2.45) is 0 Å². The van der Waals surface area contributed by atoms with E-state index in [9.17, 15) is 0 Å². The van der Waals surface area contributed by atoms with Crippen molar-refractivity contribution in [3.8, 4) is 11.5 Å². The lowest BCUT2D eigenvalue weighted by Crippen LogP contribution is -1.99. The van der Waals surface area contributed by atoms with E-state index in [2.05, 4.69) is 5.32 Å². The summed E-state index contributed by atoms with van der Waals surface area (Å²) in [7, 11) is 0. The number of ether oxygens (including phenoxy) is 2. The van der Waals surface area contributed by atoms with Crippen LogP contribution in [-0.4, -0.2) is 6.79 Å². The molecule has 0 bridgehead atoms. The van der Waals surface area contributed by atoms with Crippen LogP contribution in [0.5, 0.6) is 11.5 Å². The summed E-state index contributed by atoms with van der Waals surface area (Å²) in [5.41, 5.74) is 8.63. The second-order valence-electron chi connectivity index (χ2n) is 4.17. The molecule has 0 aliphatic carbocycles. The molecule has 0 saturated heterocycles. The molecule has 0 aromatic heterocycles. The Labute approximate surface area is 117 Å². The van der Waals surface area contributed by atoms with Crippen molar-refractivity contribution in [1.29, 1.82) is 0 Å². The molecule has 3 N–H and O–H groups in total. The number of nitrogens with two attached hydrogens (primary N) is 1. The van der Waals surface area contributed by atoms with Gasteiger partial charge in [0.25, 0.3) is 0 Å². The van der Waals surface area contributed by atoms with Gasteiger partial charge in [0.2, 0.25) is 6.79 Å². The topological polar surface area (TPSA) is 56.5 Å². The van der Waals surface area contributed by atoms with E-state index >= 15 is 0 Å². The van der Waals surface area contributed by atoms with Crippen LogP contribution in [-0.2, 0) is 6.54 Å². The van der Waals surface area contributed by atoms with E-state index in [-0.39, 0.29) is 12.4 Å². The molecule has 2 aromatic rings. The minimum absolute atomic E-state index is 0. The maximum atomic E-state index is 5.72. The minimum Gasteiger partial charge on any atom is -0.454 e. The third-order valence-corrected chi connectivity index (χ3v) is 2.82. The zero-order valence-electron chi connectivity index (χ0n) is 10.3. The van der Waals surface area contributed by atoms with E-state index < -0.39 is 0 Å². The number of fused-ring (bicyclic) bond motifs is 1. The quantitative estimate of drug-likeness (QED) is 0.848. The summed E-state index contributed by atoms with van der Waals surface area (Å²) in [5.74, 6) is 1.62. The highest BCUT2D eigenvalue weighted by atomic mass is 35.5. The highest BCUT2D eigenvalue weighted by Gasteiger charge is 2.12. The Morgan fingerprint density at radius 3 is 2.74 bits per heavy atom. The van der Waals surface area contributed by atoms with Crippen molar-refractivity contribution in [1.82, 2.24) is 0 Å². The van der Waals surface area contributed by atoms with Gasteiger partial charge < -0.3 is 20.5 Å². The first kappa shape index (κ1) is 13.4. The van der Waals surface area contributed by atoms with Crippen LogP contribution in [0.2, 0.25) is 0 Å². The fraction of sp³-hybridized carbons (Fsp3) is 0.143. The van der Waals surface area contributed by atoms with Gasteiger partial charge in [-0.3, -0.25) is 0 Å². The molecule has 4 nitrogen and oxygen atoms in total. The number of hydrogen-bond donors (Lipinski definition) is 2. The number of nitrogens with one attached hydrogen (secondary N) is 1. The van der Waals surface area contributed by atoms with Gasteiger partial charge in [-0.05, 0) is 35.9 Å². The molecule has 5 heteroatoms. The molecule has 0 atom stereocenters. The predicted molar refractivity (Wildman–Crippen MR) is 78.0 cm³/mol. The first-order valence-corrected chi connectivity index (χ1v) is 5.79. The fourth-order valence-electron chi connectivity index (χ4n) is 1.90. The lowest BCUT2D eigenvalue weighted by Gasteiger charge is -2.07. The Kier molecular flexibility index (Phi) is 4.02. The zero-order valence-corrected chi connectivity index (χ0v) is 11.1. The molecular formula is C14H15ClN2O2. The minimum atomic E-state index is 0. The monoisotopic (exact) mass is 278 g/mol. The van der Waals surface area contributed by atoms with Crippen LogP contribution < -0.4 is 20.5 Å². The molecule has 0 saturated carbocycles. The lowest BCUT2D eigenvalue weighted by molar-refractivity contribution is 0.174. The van der Waals surface area contributed by atoms with Gasteiger partial charge in [0, 0.05) is 17.9 Å². The molecule has 0 amide bonds. The third-order valence-electron chi connectivity index (χ3n) is 2.82. The Morgan fingerprint density at radius 1 is 1.05 bits per heavy atom. The largest absolute Gasteiger partial charge is 0.454 e. The number of rotatable bonds is 3. The van der Waals surface area contributed by atoms with Gasteiger partial charge in [-0.25, -0.2) is 0 Å². The summed E-state index contributed by atoms with van der Waals surface area (Å²) in [6.07, 6.45) is 0. The van der Waals surface area contributed by atoms with Crippen molar-refractivity contribution in [2.75, 3.05) is 17.8 Å². The SMILES string of the molecule is Cl.Nc1cccc(NCc2ccc3c(c2)OCO3)c1. The van der Waals surface area contributed by atoms with Crippen LogP contribution in [0, 0.1) is 0 Å². The molecule has 100 valence electrons. The average molecular weight is 279 g/mol. The lowest BCUT2D eigenvalue weighted by atomic mass is 10.2. The Balaban J connectivity index is 0.00000133. The van der Waals surface area contributed by atoms with E-state index in [0.29, 0.717) is 6.79 Å². The molecule has 1 aliphatic heterocycles. The van der Waals surface area contributed by atoms with Crippen LogP contribution in [0.15, 0.2) is 42.5 Å². The smallest absolute Gasteiger partial charge is 0.231 e. The molecule has 1 aliphatic rings. The number of anilines is 2. The molecular weight excluding hydrogens is 264 g/mol. The normalized spacial score (nSPS) is 11.8. The van der Waals surface area contributed by atoms with Crippen molar-refractivity contribution in [3.63, 3.8) is 0 Å². The summed E-state index contributed by atoms with van der Waals surface area (Å²) < 4.78 is 10.6. The second-order valence-corrected chi connectivity index (χ2v) is 4.17. The maximum Gasteiger partial charge on any atom is 0.231 e. The van der Waals surface area contributed by atoms with Crippen molar-refractivity contribution in [3.05, 3.63) is 48.0 Å². The highest BCUT2D eigenvalue weighted by molar-refractivity contribution is 5.85. The summed E-state index contributed by atoms with van der Waals surface area (Å²) in [5, 5.41) is 3.32. The number of benzene rings is 2. The predicted octanol–water partition coefficient (Wildman–Crippen LogP) is 3.03. The maximum absolute atomic E-state index is 5.72. The van der Waals surface area contributed by atoms with Gasteiger partial charge in [-0.15, -0.1) is 12.4 Å². The van der Waals surface area contributed by atoms with Gasteiger partial charge in [-0.1, -0.05) is 12.1 Å². The summed E-state index contributed by atoms with van der Waals surface area (Å²) >= 11 is 0.